The molecule has 0 spiro atoms. The molecular weight excluding hydrogens is 350 g/mol. The Kier molecular flexibility index (Phi) is 4.08. The third-order valence-corrected chi connectivity index (χ3v) is 5.57. The number of nitrogens with zero attached hydrogens (tertiary/aromatic N) is 1. The van der Waals surface area contributed by atoms with Crippen LogP contribution in [0.15, 0.2) is 97.2 Å². The second-order valence-electron chi connectivity index (χ2n) is 7.80. The standard InChI is InChI=1S/C28H23N/c1-19(2)21-14-15-29-28(18-21)23-12-13-25-24-11-7-6-10-22(24)16-26(27(25)17-23)20-8-4-3-5-9-20/h3-19H,1-2H3/i16D. The van der Waals surface area contributed by atoms with Crippen molar-refractivity contribution in [2.45, 2.75) is 19.8 Å². The predicted octanol–water partition coefficient (Wildman–Crippen LogP) is 7.85. The highest BCUT2D eigenvalue weighted by molar-refractivity contribution is 6.14. The monoisotopic (exact) mass is 374 g/mol. The van der Waals surface area contributed by atoms with Crippen LogP contribution in [0.3, 0.4) is 0 Å². The van der Waals surface area contributed by atoms with E-state index in [9.17, 15) is 0 Å². The van der Waals surface area contributed by atoms with Gasteiger partial charge in [-0.25, -0.2) is 0 Å². The first kappa shape index (κ1) is 16.5. The van der Waals surface area contributed by atoms with Gasteiger partial charge in [-0.05, 0) is 68.4 Å². The Morgan fingerprint density at radius 2 is 1.52 bits per heavy atom. The van der Waals surface area contributed by atoms with E-state index < -0.39 is 0 Å². The van der Waals surface area contributed by atoms with Crippen molar-refractivity contribution in [2.75, 3.05) is 0 Å². The molecule has 1 nitrogen and oxygen atoms in total. The van der Waals surface area contributed by atoms with Crippen molar-refractivity contribution in [1.29, 1.82) is 0 Å². The maximum atomic E-state index is 9.01. The molecule has 1 aromatic heterocycles. The average molecular weight is 375 g/mol. The van der Waals surface area contributed by atoms with Crippen LogP contribution in [0.2, 0.25) is 0 Å². The van der Waals surface area contributed by atoms with Gasteiger partial charge in [0.05, 0.1) is 7.06 Å². The molecule has 0 radical (unpaired) electrons. The summed E-state index contributed by atoms with van der Waals surface area (Å²) in [4.78, 5) is 4.64. The van der Waals surface area contributed by atoms with E-state index in [2.05, 4.69) is 67.4 Å². The first-order valence-corrected chi connectivity index (χ1v) is 10.1. The molecule has 1 heteroatoms. The highest BCUT2D eigenvalue weighted by Crippen LogP contribution is 2.37. The fraction of sp³-hybridized carbons (Fsp3) is 0.107. The maximum absolute atomic E-state index is 9.01. The molecule has 29 heavy (non-hydrogen) atoms. The lowest BCUT2D eigenvalue weighted by Crippen LogP contribution is -1.91. The molecule has 0 atom stereocenters. The minimum atomic E-state index is 0.455. The second-order valence-corrected chi connectivity index (χ2v) is 7.80. The van der Waals surface area contributed by atoms with Crippen molar-refractivity contribution in [2.24, 2.45) is 0 Å². The summed E-state index contributed by atoms with van der Waals surface area (Å²) < 4.78 is 9.01. The van der Waals surface area contributed by atoms with Crippen molar-refractivity contribution in [3.8, 4) is 22.4 Å². The first-order chi connectivity index (χ1) is 14.6. The molecule has 140 valence electrons. The second kappa shape index (κ2) is 7.18. The fourth-order valence-electron chi connectivity index (χ4n) is 3.97. The molecule has 5 rings (SSSR count). The molecule has 1 heterocycles. The highest BCUT2D eigenvalue weighted by Gasteiger charge is 2.11. The van der Waals surface area contributed by atoms with E-state index in [1.165, 1.54) is 10.9 Å². The van der Waals surface area contributed by atoms with E-state index in [0.29, 0.717) is 12.0 Å². The lowest BCUT2D eigenvalue weighted by atomic mass is 9.91. The number of fused-ring (bicyclic) bond motifs is 3. The smallest absolute Gasteiger partial charge is 0.0705 e. The van der Waals surface area contributed by atoms with Crippen LogP contribution >= 0.6 is 0 Å². The SMILES string of the molecule is [2H]c1c(-c2ccccc2)c2cc(-c3cc(C(C)C)ccn3)ccc2c2ccccc12. The van der Waals surface area contributed by atoms with Gasteiger partial charge in [0, 0.05) is 11.8 Å². The van der Waals surface area contributed by atoms with E-state index >= 15 is 0 Å². The Hall–Kier alpha value is -3.45. The van der Waals surface area contributed by atoms with Crippen LogP contribution in [-0.2, 0) is 0 Å². The number of aromatic nitrogens is 1. The summed E-state index contributed by atoms with van der Waals surface area (Å²) in [6, 6.07) is 29.9. The molecule has 0 amide bonds. The normalized spacial score (nSPS) is 11.9. The van der Waals surface area contributed by atoms with E-state index in [1.807, 2.05) is 42.6 Å². The summed E-state index contributed by atoms with van der Waals surface area (Å²) in [6.07, 6.45) is 1.89. The minimum Gasteiger partial charge on any atom is -0.256 e. The van der Waals surface area contributed by atoms with Crippen molar-refractivity contribution in [3.63, 3.8) is 0 Å². The summed E-state index contributed by atoms with van der Waals surface area (Å²) >= 11 is 0. The minimum absolute atomic E-state index is 0.455. The van der Waals surface area contributed by atoms with Crippen molar-refractivity contribution >= 4 is 21.5 Å². The molecule has 0 aliphatic carbocycles. The third-order valence-electron chi connectivity index (χ3n) is 5.57. The lowest BCUT2D eigenvalue weighted by Gasteiger charge is -2.13. The molecule has 5 aromatic rings. The Morgan fingerprint density at radius 1 is 0.724 bits per heavy atom. The Morgan fingerprint density at radius 3 is 2.34 bits per heavy atom. The van der Waals surface area contributed by atoms with E-state index in [4.69, 9.17) is 1.37 Å². The predicted molar refractivity (Wildman–Crippen MR) is 124 cm³/mol. The van der Waals surface area contributed by atoms with E-state index in [0.717, 1.165) is 38.5 Å². The zero-order chi connectivity index (χ0) is 20.7. The maximum Gasteiger partial charge on any atom is 0.0705 e. The van der Waals surface area contributed by atoms with Crippen LogP contribution in [0.1, 0.15) is 26.7 Å². The van der Waals surface area contributed by atoms with Gasteiger partial charge in [0.15, 0.2) is 0 Å². The van der Waals surface area contributed by atoms with Gasteiger partial charge >= 0.3 is 0 Å². The number of rotatable bonds is 3. The lowest BCUT2D eigenvalue weighted by molar-refractivity contribution is 0.864. The largest absolute Gasteiger partial charge is 0.256 e. The Labute approximate surface area is 173 Å². The molecule has 0 unspecified atom stereocenters. The van der Waals surface area contributed by atoms with E-state index in [1.54, 1.807) is 0 Å². The van der Waals surface area contributed by atoms with Gasteiger partial charge in [0.2, 0.25) is 0 Å². The molecule has 0 aliphatic heterocycles. The van der Waals surface area contributed by atoms with Gasteiger partial charge < -0.3 is 0 Å². The fourth-order valence-corrected chi connectivity index (χ4v) is 3.97. The molecule has 0 saturated heterocycles. The molecule has 4 aromatic carbocycles. The van der Waals surface area contributed by atoms with Crippen LogP contribution in [0, 0.1) is 0 Å². The van der Waals surface area contributed by atoms with Crippen LogP contribution < -0.4 is 0 Å². The quantitative estimate of drug-likeness (QED) is 0.293. The number of hydrogen-bond acceptors (Lipinski definition) is 1. The summed E-state index contributed by atoms with van der Waals surface area (Å²) in [7, 11) is 0. The first-order valence-electron chi connectivity index (χ1n) is 10.6. The van der Waals surface area contributed by atoms with E-state index in [-0.39, 0.29) is 0 Å². The van der Waals surface area contributed by atoms with Crippen molar-refractivity contribution in [1.82, 2.24) is 4.98 Å². The van der Waals surface area contributed by atoms with Crippen LogP contribution in [0.4, 0.5) is 0 Å². The topological polar surface area (TPSA) is 12.9 Å². The average Bonchev–Trinajstić information content (AvgIpc) is 2.80. The summed E-state index contributed by atoms with van der Waals surface area (Å²) in [5.41, 5.74) is 5.38. The van der Waals surface area contributed by atoms with Crippen LogP contribution in [-0.4, -0.2) is 4.98 Å². The van der Waals surface area contributed by atoms with Gasteiger partial charge in [0.1, 0.15) is 0 Å². The third kappa shape index (κ3) is 3.19. The molecule has 0 saturated carbocycles. The zero-order valence-electron chi connectivity index (χ0n) is 17.7. The van der Waals surface area contributed by atoms with Crippen molar-refractivity contribution < 1.29 is 1.37 Å². The zero-order valence-corrected chi connectivity index (χ0v) is 16.7. The number of benzene rings is 4. The Bertz CT molecular complexity index is 1370. The number of hydrogen-bond donors (Lipinski definition) is 0. The summed E-state index contributed by atoms with van der Waals surface area (Å²) in [6.45, 7) is 4.40. The van der Waals surface area contributed by atoms with Crippen LogP contribution in [0.25, 0.3) is 43.9 Å². The van der Waals surface area contributed by atoms with Gasteiger partial charge in [-0.2, -0.15) is 0 Å². The van der Waals surface area contributed by atoms with Gasteiger partial charge in [-0.1, -0.05) is 80.6 Å². The summed E-state index contributed by atoms with van der Waals surface area (Å²) in [5, 5.41) is 4.37. The Balaban J connectivity index is 1.85. The van der Waals surface area contributed by atoms with Gasteiger partial charge in [-0.3, -0.25) is 4.98 Å². The molecular formula is C28H23N. The highest BCUT2D eigenvalue weighted by atomic mass is 14.7. The molecule has 0 fully saturated rings. The van der Waals surface area contributed by atoms with Crippen molar-refractivity contribution in [3.05, 3.63) is 103 Å². The molecule has 0 N–H and O–H groups in total. The van der Waals surface area contributed by atoms with Gasteiger partial charge in [-0.15, -0.1) is 0 Å². The molecule has 0 bridgehead atoms. The van der Waals surface area contributed by atoms with Crippen LogP contribution in [0.5, 0.6) is 0 Å². The van der Waals surface area contributed by atoms with Gasteiger partial charge in [0.25, 0.3) is 0 Å². The molecule has 0 aliphatic rings. The number of pyridine rings is 1. The summed E-state index contributed by atoms with van der Waals surface area (Å²) in [5.74, 6) is 0.455.